The number of benzene rings is 2. The highest BCUT2D eigenvalue weighted by atomic mass is 79.9. The number of nitrogens with one attached hydrogen (secondary N) is 1. The fraction of sp³-hybridized carbons (Fsp3) is 0. The lowest BCUT2D eigenvalue weighted by Crippen LogP contribution is -1.97. The van der Waals surface area contributed by atoms with Crippen LogP contribution in [0.15, 0.2) is 40.9 Å². The van der Waals surface area contributed by atoms with Crippen LogP contribution >= 0.6 is 15.9 Å². The monoisotopic (exact) mass is 305 g/mol. The number of hydrogen-bond acceptors (Lipinski definition) is 3. The van der Waals surface area contributed by atoms with Crippen LogP contribution in [0.25, 0.3) is 0 Å². The second-order valence-corrected chi connectivity index (χ2v) is 4.49. The highest BCUT2D eigenvalue weighted by Gasteiger charge is 2.07. The van der Waals surface area contributed by atoms with Crippen LogP contribution in [0.2, 0.25) is 0 Å². The minimum absolute atomic E-state index is 0.325. The van der Waals surface area contributed by atoms with Gasteiger partial charge < -0.3 is 11.1 Å². The summed E-state index contributed by atoms with van der Waals surface area (Å²) in [5.41, 5.74) is 7.30. The van der Waals surface area contributed by atoms with Crippen molar-refractivity contribution >= 4 is 33.0 Å². The second-order valence-electron chi connectivity index (χ2n) is 3.64. The number of nitrogens with zero attached hydrogens (tertiary/aromatic N) is 1. The maximum Gasteiger partial charge on any atom is 0.147 e. The molecule has 2 aromatic carbocycles. The van der Waals surface area contributed by atoms with Crippen molar-refractivity contribution in [2.45, 2.75) is 0 Å². The van der Waals surface area contributed by atoms with Crippen LogP contribution in [-0.4, -0.2) is 0 Å². The highest BCUT2D eigenvalue weighted by molar-refractivity contribution is 9.10. The Morgan fingerprint density at radius 2 is 2.06 bits per heavy atom. The van der Waals surface area contributed by atoms with Crippen molar-refractivity contribution in [1.29, 1.82) is 5.26 Å². The minimum atomic E-state index is -0.375. The Hall–Kier alpha value is -2.06. The van der Waals surface area contributed by atoms with E-state index in [0.717, 1.165) is 0 Å². The van der Waals surface area contributed by atoms with E-state index in [9.17, 15) is 4.39 Å². The quantitative estimate of drug-likeness (QED) is 0.830. The third kappa shape index (κ3) is 2.44. The molecule has 18 heavy (non-hydrogen) atoms. The Morgan fingerprint density at radius 3 is 2.72 bits per heavy atom. The van der Waals surface area contributed by atoms with E-state index in [4.69, 9.17) is 11.0 Å². The maximum atomic E-state index is 13.6. The van der Waals surface area contributed by atoms with Crippen molar-refractivity contribution in [1.82, 2.24) is 0 Å². The third-order valence-corrected chi connectivity index (χ3v) is 3.07. The summed E-state index contributed by atoms with van der Waals surface area (Å²) >= 11 is 3.26. The molecular weight excluding hydrogens is 297 g/mol. The maximum absolute atomic E-state index is 13.6. The minimum Gasteiger partial charge on any atom is -0.398 e. The Labute approximate surface area is 112 Å². The molecule has 0 aliphatic rings. The van der Waals surface area contributed by atoms with Crippen molar-refractivity contribution in [3.8, 4) is 6.07 Å². The molecule has 0 aromatic heterocycles. The van der Waals surface area contributed by atoms with Crippen LogP contribution in [0.4, 0.5) is 21.5 Å². The molecule has 2 aromatic rings. The summed E-state index contributed by atoms with van der Waals surface area (Å²) in [6, 6.07) is 11.5. The van der Waals surface area contributed by atoms with E-state index in [1.807, 2.05) is 6.07 Å². The van der Waals surface area contributed by atoms with E-state index < -0.39 is 0 Å². The van der Waals surface area contributed by atoms with E-state index in [1.165, 1.54) is 6.07 Å². The molecule has 0 spiro atoms. The van der Waals surface area contributed by atoms with Gasteiger partial charge in [-0.15, -0.1) is 0 Å². The molecule has 0 amide bonds. The lowest BCUT2D eigenvalue weighted by molar-refractivity contribution is 0.631. The Morgan fingerprint density at radius 1 is 1.28 bits per heavy atom. The summed E-state index contributed by atoms with van der Waals surface area (Å²) in [5, 5.41) is 11.8. The molecule has 0 saturated carbocycles. The van der Waals surface area contributed by atoms with Gasteiger partial charge in [0.05, 0.1) is 11.3 Å². The summed E-state index contributed by atoms with van der Waals surface area (Å²) in [5.74, 6) is -0.375. The summed E-state index contributed by atoms with van der Waals surface area (Å²) in [7, 11) is 0. The molecule has 90 valence electrons. The Bertz CT molecular complexity index is 614. The fourth-order valence-corrected chi connectivity index (χ4v) is 1.93. The summed E-state index contributed by atoms with van der Waals surface area (Å²) in [6.07, 6.45) is 0. The zero-order valence-corrected chi connectivity index (χ0v) is 10.8. The first kappa shape index (κ1) is 12.4. The van der Waals surface area contributed by atoms with Crippen molar-refractivity contribution in [3.63, 3.8) is 0 Å². The number of para-hydroxylation sites is 1. The predicted molar refractivity (Wildman–Crippen MR) is 73.0 cm³/mol. The number of nitrogen functional groups attached to an aromatic ring is 1. The van der Waals surface area contributed by atoms with E-state index in [1.54, 1.807) is 30.3 Å². The highest BCUT2D eigenvalue weighted by Crippen LogP contribution is 2.29. The first-order valence-corrected chi connectivity index (χ1v) is 5.92. The molecule has 0 aliphatic heterocycles. The molecular formula is C13H9BrFN3. The van der Waals surface area contributed by atoms with E-state index in [0.29, 0.717) is 27.1 Å². The first-order valence-electron chi connectivity index (χ1n) is 5.12. The van der Waals surface area contributed by atoms with Crippen molar-refractivity contribution in [2.24, 2.45) is 0 Å². The van der Waals surface area contributed by atoms with Crippen molar-refractivity contribution in [3.05, 3.63) is 52.3 Å². The smallest absolute Gasteiger partial charge is 0.147 e. The molecule has 3 N–H and O–H groups in total. The molecule has 2 rings (SSSR count). The van der Waals surface area contributed by atoms with Gasteiger partial charge in [0.25, 0.3) is 0 Å². The average molecular weight is 306 g/mol. The lowest BCUT2D eigenvalue weighted by atomic mass is 10.1. The number of hydrogen-bond donors (Lipinski definition) is 2. The molecule has 0 unspecified atom stereocenters. The molecule has 0 radical (unpaired) electrons. The molecule has 0 bridgehead atoms. The van der Waals surface area contributed by atoms with Crippen LogP contribution in [0.1, 0.15) is 5.56 Å². The van der Waals surface area contributed by atoms with Crippen LogP contribution in [0.5, 0.6) is 0 Å². The molecule has 0 atom stereocenters. The topological polar surface area (TPSA) is 61.8 Å². The normalized spacial score (nSPS) is 9.83. The van der Waals surface area contributed by atoms with Crippen molar-refractivity contribution < 1.29 is 4.39 Å². The average Bonchev–Trinajstić information content (AvgIpc) is 2.36. The van der Waals surface area contributed by atoms with Gasteiger partial charge in [-0.3, -0.25) is 0 Å². The van der Waals surface area contributed by atoms with Gasteiger partial charge in [0.15, 0.2) is 0 Å². The number of nitriles is 1. The zero-order valence-electron chi connectivity index (χ0n) is 9.24. The molecule has 3 nitrogen and oxygen atoms in total. The van der Waals surface area contributed by atoms with Crippen molar-refractivity contribution in [2.75, 3.05) is 11.1 Å². The molecule has 0 fully saturated rings. The van der Waals surface area contributed by atoms with Gasteiger partial charge in [-0.1, -0.05) is 6.07 Å². The largest absolute Gasteiger partial charge is 0.398 e. The lowest BCUT2D eigenvalue weighted by Gasteiger charge is -2.10. The van der Waals surface area contributed by atoms with Gasteiger partial charge in [0, 0.05) is 15.8 Å². The van der Waals surface area contributed by atoms with Crippen LogP contribution < -0.4 is 11.1 Å². The molecule has 5 heteroatoms. The molecule has 0 saturated heterocycles. The van der Waals surface area contributed by atoms with Gasteiger partial charge in [-0.25, -0.2) is 4.39 Å². The number of anilines is 3. The fourth-order valence-electron chi connectivity index (χ4n) is 1.49. The Balaban J connectivity index is 2.38. The summed E-state index contributed by atoms with van der Waals surface area (Å²) in [4.78, 5) is 0. The molecule has 0 heterocycles. The van der Waals surface area contributed by atoms with Gasteiger partial charge in [-0.2, -0.15) is 5.26 Å². The van der Waals surface area contributed by atoms with E-state index in [2.05, 4.69) is 21.2 Å². The van der Waals surface area contributed by atoms with Crippen LogP contribution in [-0.2, 0) is 0 Å². The zero-order chi connectivity index (χ0) is 13.1. The van der Waals surface area contributed by atoms with Gasteiger partial charge in [0.2, 0.25) is 0 Å². The van der Waals surface area contributed by atoms with Gasteiger partial charge in [-0.05, 0) is 46.3 Å². The molecule has 0 aliphatic carbocycles. The van der Waals surface area contributed by atoms with Gasteiger partial charge in [0.1, 0.15) is 11.9 Å². The van der Waals surface area contributed by atoms with Crippen LogP contribution in [0.3, 0.4) is 0 Å². The standard InChI is InChI=1S/C13H9BrFN3/c14-10-2-1-3-11(15)13(10)18-9-4-5-12(17)8(6-9)7-16/h1-6,18H,17H2. The second kappa shape index (κ2) is 5.07. The third-order valence-electron chi connectivity index (χ3n) is 2.41. The SMILES string of the molecule is N#Cc1cc(Nc2c(F)cccc2Br)ccc1N. The first-order chi connectivity index (χ1) is 8.61. The summed E-state index contributed by atoms with van der Waals surface area (Å²) < 4.78 is 14.2. The number of rotatable bonds is 2. The summed E-state index contributed by atoms with van der Waals surface area (Å²) in [6.45, 7) is 0. The predicted octanol–water partition coefficient (Wildman–Crippen LogP) is 3.79. The van der Waals surface area contributed by atoms with E-state index >= 15 is 0 Å². The number of nitrogens with two attached hydrogens (primary N) is 1. The number of halogens is 2. The van der Waals surface area contributed by atoms with Crippen LogP contribution in [0, 0.1) is 17.1 Å². The Kier molecular flexibility index (Phi) is 3.49. The van der Waals surface area contributed by atoms with E-state index in [-0.39, 0.29) is 5.82 Å². The van der Waals surface area contributed by atoms with Gasteiger partial charge >= 0.3 is 0 Å².